The van der Waals surface area contributed by atoms with Crippen molar-refractivity contribution < 1.29 is 9.21 Å². The highest BCUT2D eigenvalue weighted by molar-refractivity contribution is 5.95. The molecule has 1 aromatic carbocycles. The fourth-order valence-corrected chi connectivity index (χ4v) is 2.06. The van der Waals surface area contributed by atoms with E-state index < -0.39 is 0 Å². The number of nitrogens with two attached hydrogens (primary N) is 1. The first-order valence-electron chi connectivity index (χ1n) is 6.24. The Morgan fingerprint density at radius 2 is 2.00 bits per heavy atom. The number of carbonyl (C=O) groups is 1. The SMILES string of the molecule is Cc1cc(C(=O)NC(CN)c2ccccc2)c(C)o1. The molecule has 0 aliphatic carbocycles. The van der Waals surface area contributed by atoms with Crippen LogP contribution in [0.2, 0.25) is 0 Å². The van der Waals surface area contributed by atoms with Crippen LogP contribution in [0, 0.1) is 13.8 Å². The summed E-state index contributed by atoms with van der Waals surface area (Å²) in [5.41, 5.74) is 7.29. The van der Waals surface area contributed by atoms with Crippen LogP contribution >= 0.6 is 0 Å². The van der Waals surface area contributed by atoms with Gasteiger partial charge in [0.15, 0.2) is 0 Å². The summed E-state index contributed by atoms with van der Waals surface area (Å²) in [6.45, 7) is 3.95. The largest absolute Gasteiger partial charge is 0.466 e. The van der Waals surface area contributed by atoms with E-state index in [9.17, 15) is 4.79 Å². The Morgan fingerprint density at radius 1 is 1.32 bits per heavy atom. The minimum absolute atomic E-state index is 0.159. The summed E-state index contributed by atoms with van der Waals surface area (Å²) in [6, 6.07) is 11.2. The second-order valence-corrected chi connectivity index (χ2v) is 4.50. The lowest BCUT2D eigenvalue weighted by Gasteiger charge is -2.16. The van der Waals surface area contributed by atoms with Crippen LogP contribution < -0.4 is 11.1 Å². The molecule has 0 spiro atoms. The van der Waals surface area contributed by atoms with Crippen molar-refractivity contribution in [3.63, 3.8) is 0 Å². The van der Waals surface area contributed by atoms with E-state index in [1.54, 1.807) is 13.0 Å². The van der Waals surface area contributed by atoms with Crippen LogP contribution in [0.3, 0.4) is 0 Å². The van der Waals surface area contributed by atoms with Gasteiger partial charge in [-0.25, -0.2) is 0 Å². The Morgan fingerprint density at radius 3 is 2.53 bits per heavy atom. The maximum absolute atomic E-state index is 12.2. The minimum atomic E-state index is -0.191. The Balaban J connectivity index is 2.15. The number of amides is 1. The van der Waals surface area contributed by atoms with Gasteiger partial charge in [0.05, 0.1) is 11.6 Å². The topological polar surface area (TPSA) is 68.3 Å². The third-order valence-electron chi connectivity index (χ3n) is 3.03. The highest BCUT2D eigenvalue weighted by atomic mass is 16.3. The number of hydrogen-bond acceptors (Lipinski definition) is 3. The molecule has 1 heterocycles. The number of benzene rings is 1. The number of furan rings is 1. The zero-order chi connectivity index (χ0) is 13.8. The summed E-state index contributed by atoms with van der Waals surface area (Å²) in [5.74, 6) is 1.19. The van der Waals surface area contributed by atoms with Crippen LogP contribution in [0.1, 0.15) is 33.5 Å². The van der Waals surface area contributed by atoms with Gasteiger partial charge in [-0.3, -0.25) is 4.79 Å². The quantitative estimate of drug-likeness (QED) is 0.884. The molecule has 0 saturated carbocycles. The molecule has 1 amide bonds. The van der Waals surface area contributed by atoms with E-state index >= 15 is 0 Å². The van der Waals surface area contributed by atoms with Gasteiger partial charge in [0.25, 0.3) is 5.91 Å². The normalized spacial score (nSPS) is 12.2. The standard InChI is InChI=1S/C15H18N2O2/c1-10-8-13(11(2)19-10)15(18)17-14(9-16)12-6-4-3-5-7-12/h3-8,14H,9,16H2,1-2H3,(H,17,18). The zero-order valence-corrected chi connectivity index (χ0v) is 11.1. The molecule has 0 saturated heterocycles. The van der Waals surface area contributed by atoms with Crippen molar-refractivity contribution in [3.8, 4) is 0 Å². The predicted molar refractivity (Wildman–Crippen MR) is 73.9 cm³/mol. The van der Waals surface area contributed by atoms with Gasteiger partial charge in [0.1, 0.15) is 11.5 Å². The number of hydrogen-bond donors (Lipinski definition) is 2. The lowest BCUT2D eigenvalue weighted by Crippen LogP contribution is -2.33. The van der Waals surface area contributed by atoms with E-state index in [0.717, 1.165) is 11.3 Å². The molecule has 1 aromatic heterocycles. The van der Waals surface area contributed by atoms with E-state index in [4.69, 9.17) is 10.2 Å². The molecular weight excluding hydrogens is 240 g/mol. The molecule has 0 bridgehead atoms. The van der Waals surface area contributed by atoms with Gasteiger partial charge >= 0.3 is 0 Å². The molecule has 2 aromatic rings. The Hall–Kier alpha value is -2.07. The molecule has 0 fully saturated rings. The number of nitrogens with one attached hydrogen (secondary N) is 1. The van der Waals surface area contributed by atoms with Crippen molar-refractivity contribution in [1.82, 2.24) is 5.32 Å². The molecule has 0 aliphatic rings. The van der Waals surface area contributed by atoms with Crippen molar-refractivity contribution in [2.45, 2.75) is 19.9 Å². The lowest BCUT2D eigenvalue weighted by molar-refractivity contribution is 0.0936. The smallest absolute Gasteiger partial charge is 0.255 e. The molecular formula is C15H18N2O2. The third-order valence-corrected chi connectivity index (χ3v) is 3.03. The van der Waals surface area contributed by atoms with Crippen LogP contribution in [-0.2, 0) is 0 Å². The van der Waals surface area contributed by atoms with Crippen LogP contribution in [-0.4, -0.2) is 12.5 Å². The third kappa shape index (κ3) is 3.03. The zero-order valence-electron chi connectivity index (χ0n) is 11.1. The lowest BCUT2D eigenvalue weighted by atomic mass is 10.1. The van der Waals surface area contributed by atoms with Gasteiger partial charge in [-0.1, -0.05) is 30.3 Å². The maximum atomic E-state index is 12.2. The van der Waals surface area contributed by atoms with E-state index in [1.807, 2.05) is 37.3 Å². The van der Waals surface area contributed by atoms with Gasteiger partial charge in [0, 0.05) is 6.54 Å². The van der Waals surface area contributed by atoms with Crippen molar-refractivity contribution in [2.24, 2.45) is 5.73 Å². The first-order valence-corrected chi connectivity index (χ1v) is 6.24. The van der Waals surface area contributed by atoms with Gasteiger partial charge in [-0.15, -0.1) is 0 Å². The fourth-order valence-electron chi connectivity index (χ4n) is 2.06. The van der Waals surface area contributed by atoms with E-state index in [2.05, 4.69) is 5.32 Å². The van der Waals surface area contributed by atoms with Crippen LogP contribution in [0.15, 0.2) is 40.8 Å². The molecule has 2 rings (SSSR count). The molecule has 0 radical (unpaired) electrons. The molecule has 4 heteroatoms. The molecule has 1 unspecified atom stereocenters. The average molecular weight is 258 g/mol. The van der Waals surface area contributed by atoms with Crippen LogP contribution in [0.4, 0.5) is 0 Å². The first-order chi connectivity index (χ1) is 9.11. The Labute approximate surface area is 112 Å². The number of aryl methyl sites for hydroxylation is 2. The fraction of sp³-hybridized carbons (Fsp3) is 0.267. The highest BCUT2D eigenvalue weighted by Crippen LogP contribution is 2.16. The van der Waals surface area contributed by atoms with E-state index in [0.29, 0.717) is 17.9 Å². The van der Waals surface area contributed by atoms with Crippen molar-refractivity contribution >= 4 is 5.91 Å². The minimum Gasteiger partial charge on any atom is -0.466 e. The summed E-state index contributed by atoms with van der Waals surface area (Å²) in [6.07, 6.45) is 0. The Bertz CT molecular complexity index is 561. The number of rotatable bonds is 4. The second-order valence-electron chi connectivity index (χ2n) is 4.50. The van der Waals surface area contributed by atoms with Gasteiger partial charge in [-0.2, -0.15) is 0 Å². The van der Waals surface area contributed by atoms with Crippen molar-refractivity contribution in [3.05, 3.63) is 59.0 Å². The summed E-state index contributed by atoms with van der Waals surface area (Å²) in [5, 5.41) is 2.93. The van der Waals surface area contributed by atoms with Crippen molar-refractivity contribution in [2.75, 3.05) is 6.54 Å². The molecule has 4 nitrogen and oxygen atoms in total. The summed E-state index contributed by atoms with van der Waals surface area (Å²) in [4.78, 5) is 12.2. The first kappa shape index (κ1) is 13.4. The molecule has 19 heavy (non-hydrogen) atoms. The van der Waals surface area contributed by atoms with Gasteiger partial charge < -0.3 is 15.5 Å². The van der Waals surface area contributed by atoms with E-state index in [-0.39, 0.29) is 11.9 Å². The molecule has 1 atom stereocenters. The van der Waals surface area contributed by atoms with Crippen LogP contribution in [0.25, 0.3) is 0 Å². The van der Waals surface area contributed by atoms with Crippen molar-refractivity contribution in [1.29, 1.82) is 0 Å². The monoisotopic (exact) mass is 258 g/mol. The summed E-state index contributed by atoms with van der Waals surface area (Å²) < 4.78 is 5.36. The average Bonchev–Trinajstić information content (AvgIpc) is 2.76. The molecule has 3 N–H and O–H groups in total. The molecule has 0 aliphatic heterocycles. The summed E-state index contributed by atoms with van der Waals surface area (Å²) >= 11 is 0. The highest BCUT2D eigenvalue weighted by Gasteiger charge is 2.17. The predicted octanol–water partition coefficient (Wildman–Crippen LogP) is 2.33. The van der Waals surface area contributed by atoms with Gasteiger partial charge in [0.2, 0.25) is 0 Å². The summed E-state index contributed by atoms with van der Waals surface area (Å²) in [7, 11) is 0. The number of carbonyl (C=O) groups excluding carboxylic acids is 1. The van der Waals surface area contributed by atoms with E-state index in [1.165, 1.54) is 0 Å². The maximum Gasteiger partial charge on any atom is 0.255 e. The van der Waals surface area contributed by atoms with Gasteiger partial charge in [-0.05, 0) is 25.5 Å². The molecule has 100 valence electrons. The Kier molecular flexibility index (Phi) is 4.02. The van der Waals surface area contributed by atoms with Crippen LogP contribution in [0.5, 0.6) is 0 Å². The second kappa shape index (κ2) is 5.71.